The Balaban J connectivity index is 1.43. The highest BCUT2D eigenvalue weighted by Gasteiger charge is 2.24. The Morgan fingerprint density at radius 2 is 1.52 bits per heavy atom. The van der Waals surface area contributed by atoms with Crippen molar-refractivity contribution in [3.05, 3.63) is 89.5 Å². The van der Waals surface area contributed by atoms with Crippen molar-refractivity contribution in [3.63, 3.8) is 0 Å². The number of benzene rings is 2. The molecule has 0 aromatic heterocycles. The molecule has 0 N–H and O–H groups in total. The van der Waals surface area contributed by atoms with Crippen LogP contribution < -0.4 is 0 Å². The van der Waals surface area contributed by atoms with Crippen molar-refractivity contribution in [2.24, 2.45) is 11.8 Å². The lowest BCUT2D eigenvalue weighted by Gasteiger charge is -2.23. The number of rotatable bonds is 7. The van der Waals surface area contributed by atoms with Crippen LogP contribution in [0.2, 0.25) is 0 Å². The predicted molar refractivity (Wildman–Crippen MR) is 114 cm³/mol. The van der Waals surface area contributed by atoms with Crippen LogP contribution in [0.1, 0.15) is 43.2 Å². The van der Waals surface area contributed by atoms with Gasteiger partial charge in [0.1, 0.15) is 0 Å². The molecule has 1 unspecified atom stereocenters. The van der Waals surface area contributed by atoms with Crippen LogP contribution in [0.15, 0.2) is 78.4 Å². The van der Waals surface area contributed by atoms with E-state index in [-0.39, 0.29) is 0 Å². The standard InChI is InChI=1S/C26H30O/c1-3-8-22(9-4-1)20-26-24(13-7-10-21-16-18-27-19-17-21)14-15-25(26)23-11-5-2-6-12-23/h1-6,8-9,11-12,14-15,21,26H,7,10,13,16-20H2. The van der Waals surface area contributed by atoms with Crippen molar-refractivity contribution >= 4 is 5.57 Å². The van der Waals surface area contributed by atoms with Gasteiger partial charge in [0, 0.05) is 19.1 Å². The third-order valence-corrected chi connectivity index (χ3v) is 6.11. The number of hydrogen-bond donors (Lipinski definition) is 0. The molecule has 0 amide bonds. The zero-order chi connectivity index (χ0) is 18.3. The normalized spacial score (nSPS) is 20.4. The van der Waals surface area contributed by atoms with Gasteiger partial charge in [-0.3, -0.25) is 0 Å². The van der Waals surface area contributed by atoms with E-state index < -0.39 is 0 Å². The van der Waals surface area contributed by atoms with Crippen molar-refractivity contribution in [1.82, 2.24) is 0 Å². The maximum Gasteiger partial charge on any atom is 0.0468 e. The highest BCUT2D eigenvalue weighted by atomic mass is 16.5. The lowest BCUT2D eigenvalue weighted by atomic mass is 9.83. The lowest BCUT2D eigenvalue weighted by Crippen LogP contribution is -2.15. The molecule has 1 nitrogen and oxygen atoms in total. The fourth-order valence-corrected chi connectivity index (χ4v) is 4.54. The summed E-state index contributed by atoms with van der Waals surface area (Å²) in [5.74, 6) is 1.39. The van der Waals surface area contributed by atoms with Crippen LogP contribution in [0.5, 0.6) is 0 Å². The first-order chi connectivity index (χ1) is 13.4. The van der Waals surface area contributed by atoms with E-state index in [2.05, 4.69) is 72.8 Å². The van der Waals surface area contributed by atoms with Gasteiger partial charge in [-0.05, 0) is 61.1 Å². The molecule has 0 saturated carbocycles. The molecule has 1 heterocycles. The summed E-state index contributed by atoms with van der Waals surface area (Å²) >= 11 is 0. The number of allylic oxidation sites excluding steroid dienone is 4. The maximum absolute atomic E-state index is 5.51. The zero-order valence-electron chi connectivity index (χ0n) is 16.1. The van der Waals surface area contributed by atoms with Crippen LogP contribution in [0.3, 0.4) is 0 Å². The van der Waals surface area contributed by atoms with E-state index >= 15 is 0 Å². The summed E-state index contributed by atoms with van der Waals surface area (Å²) < 4.78 is 5.51. The minimum absolute atomic E-state index is 0.518. The molecule has 1 heteroatoms. The van der Waals surface area contributed by atoms with Crippen molar-refractivity contribution in [2.75, 3.05) is 13.2 Å². The molecule has 1 atom stereocenters. The minimum Gasteiger partial charge on any atom is -0.381 e. The molecule has 140 valence electrons. The van der Waals surface area contributed by atoms with E-state index in [1.54, 1.807) is 5.57 Å². The van der Waals surface area contributed by atoms with E-state index in [4.69, 9.17) is 4.74 Å². The molecule has 0 bridgehead atoms. The second-order valence-electron chi connectivity index (χ2n) is 7.92. The molecule has 1 aliphatic carbocycles. The molecule has 0 spiro atoms. The van der Waals surface area contributed by atoms with Crippen molar-refractivity contribution in [1.29, 1.82) is 0 Å². The van der Waals surface area contributed by atoms with Crippen molar-refractivity contribution in [3.8, 4) is 0 Å². The van der Waals surface area contributed by atoms with E-state index in [9.17, 15) is 0 Å². The second-order valence-corrected chi connectivity index (χ2v) is 7.92. The molecule has 2 aliphatic rings. The Kier molecular flexibility index (Phi) is 6.21. The summed E-state index contributed by atoms with van der Waals surface area (Å²) in [4.78, 5) is 0. The molecule has 1 saturated heterocycles. The van der Waals surface area contributed by atoms with Crippen LogP contribution in [-0.2, 0) is 11.2 Å². The van der Waals surface area contributed by atoms with Gasteiger partial charge in [0.2, 0.25) is 0 Å². The first kappa shape index (κ1) is 18.3. The summed E-state index contributed by atoms with van der Waals surface area (Å²) in [6, 6.07) is 21.9. The summed E-state index contributed by atoms with van der Waals surface area (Å²) in [7, 11) is 0. The lowest BCUT2D eigenvalue weighted by molar-refractivity contribution is 0.0633. The first-order valence-electron chi connectivity index (χ1n) is 10.5. The van der Waals surface area contributed by atoms with Crippen LogP contribution in [0, 0.1) is 11.8 Å². The molecular formula is C26H30O. The van der Waals surface area contributed by atoms with Crippen LogP contribution in [0.25, 0.3) is 5.57 Å². The third-order valence-electron chi connectivity index (χ3n) is 6.11. The van der Waals surface area contributed by atoms with Gasteiger partial charge in [-0.1, -0.05) is 78.4 Å². The highest BCUT2D eigenvalue weighted by molar-refractivity contribution is 5.75. The second kappa shape index (κ2) is 9.19. The van der Waals surface area contributed by atoms with Crippen molar-refractivity contribution < 1.29 is 4.74 Å². The van der Waals surface area contributed by atoms with E-state index in [0.29, 0.717) is 5.92 Å². The van der Waals surface area contributed by atoms with Gasteiger partial charge >= 0.3 is 0 Å². The largest absolute Gasteiger partial charge is 0.381 e. The van der Waals surface area contributed by atoms with Crippen LogP contribution in [0.4, 0.5) is 0 Å². The predicted octanol–water partition coefficient (Wildman–Crippen LogP) is 6.47. The van der Waals surface area contributed by atoms with Gasteiger partial charge in [-0.15, -0.1) is 0 Å². The first-order valence-corrected chi connectivity index (χ1v) is 10.5. The van der Waals surface area contributed by atoms with Gasteiger partial charge in [-0.2, -0.15) is 0 Å². The van der Waals surface area contributed by atoms with Crippen LogP contribution in [-0.4, -0.2) is 13.2 Å². The van der Waals surface area contributed by atoms with Gasteiger partial charge in [0.15, 0.2) is 0 Å². The molecule has 1 aliphatic heterocycles. The Hall–Kier alpha value is -2.12. The topological polar surface area (TPSA) is 9.23 Å². The average Bonchev–Trinajstić information content (AvgIpc) is 3.13. The average molecular weight is 359 g/mol. The fraction of sp³-hybridized carbons (Fsp3) is 0.385. The Labute approximate surface area is 163 Å². The molecule has 1 fully saturated rings. The molecule has 2 aromatic rings. The number of ether oxygens (including phenoxy) is 1. The molecule has 0 radical (unpaired) electrons. The third kappa shape index (κ3) is 4.78. The van der Waals surface area contributed by atoms with E-state index in [0.717, 1.165) is 25.6 Å². The monoisotopic (exact) mass is 358 g/mol. The highest BCUT2D eigenvalue weighted by Crippen LogP contribution is 2.39. The van der Waals surface area contributed by atoms with Crippen molar-refractivity contribution in [2.45, 2.75) is 38.5 Å². The number of hydrogen-bond acceptors (Lipinski definition) is 1. The quantitative estimate of drug-likeness (QED) is 0.551. The van der Waals surface area contributed by atoms with Gasteiger partial charge in [-0.25, -0.2) is 0 Å². The van der Waals surface area contributed by atoms with Crippen LogP contribution >= 0.6 is 0 Å². The minimum atomic E-state index is 0.518. The zero-order valence-corrected chi connectivity index (χ0v) is 16.1. The SMILES string of the molecule is C1=C(CCCC2CCOCC2)C(Cc2ccccc2)C(c2ccccc2)=C1. The Morgan fingerprint density at radius 1 is 0.815 bits per heavy atom. The Bertz CT molecular complexity index is 766. The molecule has 27 heavy (non-hydrogen) atoms. The summed E-state index contributed by atoms with van der Waals surface area (Å²) in [6.45, 7) is 1.92. The summed E-state index contributed by atoms with van der Waals surface area (Å²) in [5, 5.41) is 0. The smallest absolute Gasteiger partial charge is 0.0468 e. The van der Waals surface area contributed by atoms with Gasteiger partial charge in [0.05, 0.1) is 0 Å². The summed E-state index contributed by atoms with van der Waals surface area (Å²) in [5.41, 5.74) is 5.90. The molecule has 4 rings (SSSR count). The van der Waals surface area contributed by atoms with E-state index in [1.165, 1.54) is 48.8 Å². The molecule has 2 aromatic carbocycles. The molecular weight excluding hydrogens is 328 g/mol. The van der Waals surface area contributed by atoms with Gasteiger partial charge in [0.25, 0.3) is 0 Å². The van der Waals surface area contributed by atoms with E-state index in [1.807, 2.05) is 0 Å². The maximum atomic E-state index is 5.51. The summed E-state index contributed by atoms with van der Waals surface area (Å²) in [6.07, 6.45) is 12.2. The fourth-order valence-electron chi connectivity index (χ4n) is 4.54. The Morgan fingerprint density at radius 3 is 2.26 bits per heavy atom. The van der Waals surface area contributed by atoms with Gasteiger partial charge < -0.3 is 4.74 Å².